The summed E-state index contributed by atoms with van der Waals surface area (Å²) in [6.07, 6.45) is 5.85. The van der Waals surface area contributed by atoms with E-state index >= 15 is 0 Å². The van der Waals surface area contributed by atoms with Crippen LogP contribution in [0.2, 0.25) is 0 Å². The van der Waals surface area contributed by atoms with Crippen LogP contribution in [-0.4, -0.2) is 23.0 Å². The lowest BCUT2D eigenvalue weighted by atomic mass is 10.0. The molecule has 6 heteroatoms. The maximum Gasteiger partial charge on any atom is 0.326 e. The molecule has 0 aliphatic rings. The first kappa shape index (κ1) is 20.1. The lowest BCUT2D eigenvalue weighted by Crippen LogP contribution is -2.41. The molecule has 0 aliphatic carbocycles. The Labute approximate surface area is 141 Å². The average molecular weight is 341 g/mol. The molecule has 0 aromatic heterocycles. The highest BCUT2D eigenvalue weighted by atomic mass is 19.1. The lowest BCUT2D eigenvalue weighted by Gasteiger charge is -2.15. The fraction of sp³-hybridized carbons (Fsp3) is 0.556. The third-order valence-corrected chi connectivity index (χ3v) is 3.88. The number of carboxylic acid groups (broad SMARTS) is 1. The van der Waals surface area contributed by atoms with E-state index in [0.717, 1.165) is 44.2 Å². The Kier molecular flexibility index (Phi) is 8.97. The summed E-state index contributed by atoms with van der Waals surface area (Å²) in [7, 11) is 0. The molecule has 24 heavy (non-hydrogen) atoms. The fourth-order valence-corrected chi connectivity index (χ4v) is 2.49. The van der Waals surface area contributed by atoms with E-state index in [1.807, 2.05) is 0 Å². The van der Waals surface area contributed by atoms with Crippen LogP contribution in [0.3, 0.4) is 0 Å². The van der Waals surface area contributed by atoms with Crippen LogP contribution < -0.4 is 5.32 Å². The van der Waals surface area contributed by atoms with Crippen molar-refractivity contribution >= 4 is 11.9 Å². The van der Waals surface area contributed by atoms with Crippen molar-refractivity contribution in [3.63, 3.8) is 0 Å². The van der Waals surface area contributed by atoms with Gasteiger partial charge in [-0.15, -0.1) is 0 Å². The number of hydrogen-bond acceptors (Lipinski definition) is 2. The topological polar surface area (TPSA) is 66.4 Å². The number of carbonyl (C=O) groups excluding carboxylic acids is 1. The van der Waals surface area contributed by atoms with E-state index in [-0.39, 0.29) is 5.56 Å². The Morgan fingerprint density at radius 3 is 2.25 bits per heavy atom. The van der Waals surface area contributed by atoms with Gasteiger partial charge in [0.2, 0.25) is 5.91 Å². The Balaban J connectivity index is 2.47. The Hall–Kier alpha value is -1.98. The SMILES string of the molecule is CCCCCCCC[C@H](NC(=O)Cc1c(F)cccc1F)C(=O)O. The van der Waals surface area contributed by atoms with Gasteiger partial charge in [-0.2, -0.15) is 0 Å². The molecule has 1 amide bonds. The molecule has 2 N–H and O–H groups in total. The Morgan fingerprint density at radius 2 is 1.67 bits per heavy atom. The monoisotopic (exact) mass is 341 g/mol. The van der Waals surface area contributed by atoms with Crippen molar-refractivity contribution in [2.75, 3.05) is 0 Å². The highest BCUT2D eigenvalue weighted by molar-refractivity contribution is 5.84. The van der Waals surface area contributed by atoms with Crippen molar-refractivity contribution in [2.24, 2.45) is 0 Å². The molecule has 1 atom stereocenters. The summed E-state index contributed by atoms with van der Waals surface area (Å²) in [6, 6.07) is 2.32. The molecule has 0 unspecified atom stereocenters. The lowest BCUT2D eigenvalue weighted by molar-refractivity contribution is -0.142. The molecule has 0 saturated heterocycles. The van der Waals surface area contributed by atoms with Gasteiger partial charge in [0, 0.05) is 5.56 Å². The number of carbonyl (C=O) groups is 2. The van der Waals surface area contributed by atoms with Crippen molar-refractivity contribution in [3.8, 4) is 0 Å². The third kappa shape index (κ3) is 7.06. The molecule has 0 fully saturated rings. The zero-order valence-corrected chi connectivity index (χ0v) is 14.0. The quantitative estimate of drug-likeness (QED) is 0.601. The van der Waals surface area contributed by atoms with Gasteiger partial charge in [0.25, 0.3) is 0 Å². The number of rotatable bonds is 11. The molecule has 0 aliphatic heterocycles. The molecule has 4 nitrogen and oxygen atoms in total. The molecule has 0 bridgehead atoms. The van der Waals surface area contributed by atoms with E-state index in [2.05, 4.69) is 12.2 Å². The van der Waals surface area contributed by atoms with Crippen LogP contribution in [0.25, 0.3) is 0 Å². The maximum absolute atomic E-state index is 13.5. The van der Waals surface area contributed by atoms with E-state index in [0.29, 0.717) is 12.8 Å². The number of hydrogen-bond donors (Lipinski definition) is 2. The van der Waals surface area contributed by atoms with Gasteiger partial charge in [-0.05, 0) is 18.6 Å². The van der Waals surface area contributed by atoms with Crippen molar-refractivity contribution in [1.82, 2.24) is 5.32 Å². The first-order valence-electron chi connectivity index (χ1n) is 8.40. The molecule has 1 aromatic carbocycles. The minimum Gasteiger partial charge on any atom is -0.480 e. The zero-order chi connectivity index (χ0) is 17.9. The normalized spacial score (nSPS) is 12.0. The van der Waals surface area contributed by atoms with Crippen LogP contribution in [0, 0.1) is 11.6 Å². The Bertz CT molecular complexity index is 529. The van der Waals surface area contributed by atoms with E-state index in [1.165, 1.54) is 6.07 Å². The molecule has 0 radical (unpaired) electrons. The molecule has 0 heterocycles. The second-order valence-corrected chi connectivity index (χ2v) is 5.89. The number of carboxylic acids is 1. The van der Waals surface area contributed by atoms with Crippen LogP contribution >= 0.6 is 0 Å². The van der Waals surface area contributed by atoms with Crippen molar-refractivity contribution in [3.05, 3.63) is 35.4 Å². The van der Waals surface area contributed by atoms with Gasteiger partial charge in [0.15, 0.2) is 0 Å². The van der Waals surface area contributed by atoms with E-state index < -0.39 is 36.0 Å². The molecular weight excluding hydrogens is 316 g/mol. The van der Waals surface area contributed by atoms with Crippen molar-refractivity contribution < 1.29 is 23.5 Å². The third-order valence-electron chi connectivity index (χ3n) is 3.88. The number of aliphatic carboxylic acids is 1. The Morgan fingerprint density at radius 1 is 1.08 bits per heavy atom. The summed E-state index contributed by atoms with van der Waals surface area (Å²) in [5.41, 5.74) is -0.348. The van der Waals surface area contributed by atoms with Gasteiger partial charge < -0.3 is 10.4 Å². The fourth-order valence-electron chi connectivity index (χ4n) is 2.49. The van der Waals surface area contributed by atoms with Gasteiger partial charge in [-0.25, -0.2) is 13.6 Å². The highest BCUT2D eigenvalue weighted by Crippen LogP contribution is 2.13. The number of halogens is 2. The first-order chi connectivity index (χ1) is 11.5. The van der Waals surface area contributed by atoms with Gasteiger partial charge in [-0.1, -0.05) is 51.5 Å². The molecule has 0 spiro atoms. The maximum atomic E-state index is 13.5. The van der Waals surface area contributed by atoms with Crippen molar-refractivity contribution in [1.29, 1.82) is 0 Å². The zero-order valence-electron chi connectivity index (χ0n) is 14.0. The van der Waals surface area contributed by atoms with Crippen LogP contribution in [0.15, 0.2) is 18.2 Å². The number of nitrogens with one attached hydrogen (secondary N) is 1. The van der Waals surface area contributed by atoms with E-state index in [9.17, 15) is 23.5 Å². The van der Waals surface area contributed by atoms with E-state index in [4.69, 9.17) is 0 Å². The predicted octanol–water partition coefficient (Wildman–Crippen LogP) is 3.83. The summed E-state index contributed by atoms with van der Waals surface area (Å²) in [6.45, 7) is 2.12. The van der Waals surface area contributed by atoms with Crippen molar-refractivity contribution in [2.45, 2.75) is 64.3 Å². The molecular formula is C18H25F2NO3. The van der Waals surface area contributed by atoms with Crippen LogP contribution in [-0.2, 0) is 16.0 Å². The summed E-state index contributed by atoms with van der Waals surface area (Å²) in [5.74, 6) is -3.45. The van der Waals surface area contributed by atoms with E-state index in [1.54, 1.807) is 0 Å². The molecule has 1 aromatic rings. The predicted molar refractivity (Wildman–Crippen MR) is 87.6 cm³/mol. The smallest absolute Gasteiger partial charge is 0.326 e. The second kappa shape index (κ2) is 10.7. The summed E-state index contributed by atoms with van der Waals surface area (Å²) < 4.78 is 27.0. The largest absolute Gasteiger partial charge is 0.480 e. The van der Waals surface area contributed by atoms with Crippen LogP contribution in [0.1, 0.15) is 57.4 Å². The molecule has 134 valence electrons. The number of amides is 1. The highest BCUT2D eigenvalue weighted by Gasteiger charge is 2.21. The average Bonchev–Trinajstić information content (AvgIpc) is 2.53. The minimum atomic E-state index is -1.13. The van der Waals surface area contributed by atoms with Gasteiger partial charge in [0.1, 0.15) is 17.7 Å². The standard InChI is InChI=1S/C18H25F2NO3/c1-2-3-4-5-6-7-11-16(18(23)24)21-17(22)12-13-14(19)9-8-10-15(13)20/h8-10,16H,2-7,11-12H2,1H3,(H,21,22)(H,23,24)/t16-/m0/s1. The summed E-state index contributed by atoms with van der Waals surface area (Å²) >= 11 is 0. The summed E-state index contributed by atoms with van der Waals surface area (Å²) in [5, 5.41) is 11.5. The minimum absolute atomic E-state index is 0.312. The number of benzene rings is 1. The molecule has 1 rings (SSSR count). The first-order valence-corrected chi connectivity index (χ1v) is 8.40. The van der Waals surface area contributed by atoms with Crippen LogP contribution in [0.5, 0.6) is 0 Å². The van der Waals surface area contributed by atoms with Gasteiger partial charge >= 0.3 is 5.97 Å². The van der Waals surface area contributed by atoms with Gasteiger partial charge in [-0.3, -0.25) is 4.79 Å². The van der Waals surface area contributed by atoms with Crippen LogP contribution in [0.4, 0.5) is 8.78 Å². The second-order valence-electron chi connectivity index (χ2n) is 5.89. The molecule has 0 saturated carbocycles. The van der Waals surface area contributed by atoms with Gasteiger partial charge in [0.05, 0.1) is 6.42 Å². The number of unbranched alkanes of at least 4 members (excludes halogenated alkanes) is 5. The summed E-state index contributed by atoms with van der Waals surface area (Å²) in [4.78, 5) is 23.1.